The van der Waals surface area contributed by atoms with Gasteiger partial charge in [0.15, 0.2) is 12.9 Å². The van der Waals surface area contributed by atoms with Crippen molar-refractivity contribution < 1.29 is 29.0 Å². The highest BCUT2D eigenvalue weighted by Gasteiger charge is 2.41. The van der Waals surface area contributed by atoms with Crippen LogP contribution in [0.4, 0.5) is 11.4 Å². The van der Waals surface area contributed by atoms with E-state index in [4.69, 9.17) is 15.2 Å². The third kappa shape index (κ3) is 6.28. The van der Waals surface area contributed by atoms with Crippen LogP contribution in [0.2, 0.25) is 0 Å². The zero-order chi connectivity index (χ0) is 28.1. The number of hydrogen-bond acceptors (Lipinski definition) is 9. The van der Waals surface area contributed by atoms with Crippen LogP contribution in [0, 0.1) is 0 Å². The Labute approximate surface area is 235 Å². The average molecular weight is 563 g/mol. The van der Waals surface area contributed by atoms with E-state index in [1.165, 1.54) is 4.90 Å². The molecule has 208 valence electrons. The molecule has 40 heavy (non-hydrogen) atoms. The highest BCUT2D eigenvalue weighted by molar-refractivity contribution is 7.99. The van der Waals surface area contributed by atoms with Crippen molar-refractivity contribution in [2.24, 2.45) is 5.73 Å². The van der Waals surface area contributed by atoms with Crippen LogP contribution in [0.1, 0.15) is 12.0 Å². The van der Waals surface area contributed by atoms with Gasteiger partial charge in [0.1, 0.15) is 11.8 Å². The molecular formula is C29H30N4O6S. The van der Waals surface area contributed by atoms with Gasteiger partial charge in [-0.3, -0.25) is 19.7 Å². The lowest BCUT2D eigenvalue weighted by Gasteiger charge is -2.36. The van der Waals surface area contributed by atoms with Crippen LogP contribution in [0.3, 0.4) is 0 Å². The minimum Gasteiger partial charge on any atom is -0.484 e. The number of imide groups is 1. The van der Waals surface area contributed by atoms with Crippen LogP contribution < -0.4 is 21.1 Å². The van der Waals surface area contributed by atoms with Crippen LogP contribution in [0.5, 0.6) is 5.75 Å². The number of fused-ring (bicyclic) bond motifs is 2. The molecule has 5 rings (SSSR count). The summed E-state index contributed by atoms with van der Waals surface area (Å²) in [6.07, 6.45) is -0.813. The topological polar surface area (TPSA) is 143 Å². The molecule has 2 heterocycles. The summed E-state index contributed by atoms with van der Waals surface area (Å²) in [5.74, 6) is -1.44. The molecular weight excluding hydrogens is 532 g/mol. The number of aliphatic hydroxyl groups is 1. The molecule has 0 radical (unpaired) electrons. The molecule has 2 aliphatic rings. The predicted molar refractivity (Wildman–Crippen MR) is 149 cm³/mol. The van der Waals surface area contributed by atoms with E-state index in [0.29, 0.717) is 12.2 Å². The van der Waals surface area contributed by atoms with Gasteiger partial charge < -0.3 is 30.5 Å². The van der Waals surface area contributed by atoms with Gasteiger partial charge in [0.2, 0.25) is 11.8 Å². The van der Waals surface area contributed by atoms with Gasteiger partial charge in [-0.2, -0.15) is 0 Å². The highest BCUT2D eigenvalue weighted by atomic mass is 32.2. The molecule has 10 nitrogen and oxygen atoms in total. The Hall–Kier alpha value is -3.90. The number of nitrogens with zero attached hydrogens (tertiary/aromatic N) is 1. The fourth-order valence-corrected chi connectivity index (χ4v) is 5.77. The van der Waals surface area contributed by atoms with Gasteiger partial charge >= 0.3 is 0 Å². The van der Waals surface area contributed by atoms with Crippen molar-refractivity contribution in [3.05, 3.63) is 78.4 Å². The molecule has 1 unspecified atom stereocenters. The Morgan fingerprint density at radius 1 is 1.07 bits per heavy atom. The van der Waals surface area contributed by atoms with Gasteiger partial charge in [-0.25, -0.2) is 0 Å². The van der Waals surface area contributed by atoms with Crippen molar-refractivity contribution in [2.75, 3.05) is 25.1 Å². The van der Waals surface area contributed by atoms with E-state index in [1.807, 2.05) is 60.7 Å². The first-order valence-corrected chi connectivity index (χ1v) is 13.7. The molecule has 0 spiro atoms. The van der Waals surface area contributed by atoms with Crippen molar-refractivity contribution >= 4 is 40.9 Å². The third-order valence-corrected chi connectivity index (χ3v) is 7.87. The maximum absolute atomic E-state index is 13.4. The van der Waals surface area contributed by atoms with Gasteiger partial charge in [0.05, 0.1) is 30.6 Å². The fourth-order valence-electron chi connectivity index (χ4n) is 4.80. The second-order valence-corrected chi connectivity index (χ2v) is 10.5. The molecule has 1 fully saturated rings. The number of aliphatic hydroxyl groups excluding tert-OH is 1. The number of carbonyl (C=O) groups excluding carboxylic acids is 3. The second kappa shape index (κ2) is 12.5. The summed E-state index contributed by atoms with van der Waals surface area (Å²) in [5.41, 5.74) is 8.28. The standard InChI is InChI=1S/C29H30N4O6S/c30-16-27(35)33(22-12-13-38-29(22)37)23(14-18-6-2-1-3-7-18)28(36)32-26(34)17-39-19-10-11-25-21(15-19)31-20-8-4-5-9-24(20)40-25/h1-11,15,22-23,29,31,37H,12-14,16-17,30H2,(H,32,34,36)/t22-,23-,29?/m0/s1. The van der Waals surface area contributed by atoms with Gasteiger partial charge in [0, 0.05) is 22.3 Å². The molecule has 3 aromatic carbocycles. The Bertz CT molecular complexity index is 1390. The van der Waals surface area contributed by atoms with Gasteiger partial charge in [0.25, 0.3) is 5.91 Å². The van der Waals surface area contributed by atoms with Crippen molar-refractivity contribution in [3.8, 4) is 5.75 Å². The van der Waals surface area contributed by atoms with Crippen LogP contribution >= 0.6 is 11.8 Å². The summed E-state index contributed by atoms with van der Waals surface area (Å²) in [5, 5.41) is 16.1. The lowest BCUT2D eigenvalue weighted by Crippen LogP contribution is -2.59. The smallest absolute Gasteiger partial charge is 0.264 e. The Balaban J connectivity index is 1.27. The zero-order valence-corrected chi connectivity index (χ0v) is 22.4. The molecule has 0 bridgehead atoms. The number of para-hydroxylation sites is 1. The summed E-state index contributed by atoms with van der Waals surface area (Å²) >= 11 is 1.64. The second-order valence-electron chi connectivity index (χ2n) is 9.41. The van der Waals surface area contributed by atoms with E-state index < -0.39 is 42.7 Å². The van der Waals surface area contributed by atoms with E-state index >= 15 is 0 Å². The molecule has 3 aromatic rings. The molecule has 2 aliphatic heterocycles. The number of amides is 3. The van der Waals surface area contributed by atoms with Crippen molar-refractivity contribution in [3.63, 3.8) is 0 Å². The number of rotatable bonds is 9. The summed E-state index contributed by atoms with van der Waals surface area (Å²) < 4.78 is 10.9. The summed E-state index contributed by atoms with van der Waals surface area (Å²) in [4.78, 5) is 42.5. The SMILES string of the molecule is NCC(=O)N([C@@H](Cc1ccccc1)C(=O)NC(=O)COc1ccc2c(c1)Nc1ccccc1S2)[C@H]1CCOC1O. The molecule has 5 N–H and O–H groups in total. The van der Waals surface area contributed by atoms with Crippen LogP contribution in [0.15, 0.2) is 82.6 Å². The Morgan fingerprint density at radius 2 is 1.82 bits per heavy atom. The van der Waals surface area contributed by atoms with E-state index in [0.717, 1.165) is 26.7 Å². The van der Waals surface area contributed by atoms with Gasteiger partial charge in [-0.1, -0.05) is 54.2 Å². The zero-order valence-electron chi connectivity index (χ0n) is 21.6. The Morgan fingerprint density at radius 3 is 2.58 bits per heavy atom. The molecule has 0 aliphatic carbocycles. The summed E-state index contributed by atoms with van der Waals surface area (Å²) in [6, 6.07) is 20.7. The normalized spacial score (nSPS) is 18.1. The number of hydrogen-bond donors (Lipinski definition) is 4. The van der Waals surface area contributed by atoms with Gasteiger partial charge in [-0.05, 0) is 36.2 Å². The Kier molecular flexibility index (Phi) is 8.66. The van der Waals surface area contributed by atoms with Crippen molar-refractivity contribution in [1.82, 2.24) is 10.2 Å². The number of benzene rings is 3. The van der Waals surface area contributed by atoms with E-state index in [1.54, 1.807) is 23.9 Å². The fraction of sp³-hybridized carbons (Fsp3) is 0.276. The molecule has 11 heteroatoms. The molecule has 3 atom stereocenters. The summed E-state index contributed by atoms with van der Waals surface area (Å²) in [6.45, 7) is -0.549. The molecule has 1 saturated heterocycles. The maximum Gasteiger partial charge on any atom is 0.264 e. The molecule has 3 amide bonds. The van der Waals surface area contributed by atoms with E-state index in [2.05, 4.69) is 10.6 Å². The van der Waals surface area contributed by atoms with E-state index in [-0.39, 0.29) is 19.6 Å². The first kappa shape index (κ1) is 27.7. The van der Waals surface area contributed by atoms with Gasteiger partial charge in [-0.15, -0.1) is 0 Å². The quantitative estimate of drug-likeness (QED) is 0.242. The number of nitrogens with one attached hydrogen (secondary N) is 2. The number of carbonyl (C=O) groups is 3. The number of nitrogens with two attached hydrogens (primary N) is 1. The first-order valence-electron chi connectivity index (χ1n) is 12.9. The van der Waals surface area contributed by atoms with Crippen molar-refractivity contribution in [2.45, 2.75) is 41.0 Å². The molecule has 0 saturated carbocycles. The number of anilines is 2. The largest absolute Gasteiger partial charge is 0.484 e. The minimum absolute atomic E-state index is 0.116. The maximum atomic E-state index is 13.4. The lowest BCUT2D eigenvalue weighted by molar-refractivity contribution is -0.152. The van der Waals surface area contributed by atoms with Crippen LogP contribution in [-0.4, -0.2) is 65.9 Å². The van der Waals surface area contributed by atoms with Crippen molar-refractivity contribution in [1.29, 1.82) is 0 Å². The monoisotopic (exact) mass is 562 g/mol. The number of ether oxygens (including phenoxy) is 2. The summed E-state index contributed by atoms with van der Waals surface area (Å²) in [7, 11) is 0. The van der Waals surface area contributed by atoms with Crippen LogP contribution in [0.25, 0.3) is 0 Å². The molecule has 0 aromatic heterocycles. The lowest BCUT2D eigenvalue weighted by atomic mass is 10.0. The highest BCUT2D eigenvalue weighted by Crippen LogP contribution is 2.45. The van der Waals surface area contributed by atoms with Crippen LogP contribution in [-0.2, 0) is 25.5 Å². The predicted octanol–water partition coefficient (Wildman–Crippen LogP) is 2.42. The first-order chi connectivity index (χ1) is 19.4. The third-order valence-electron chi connectivity index (χ3n) is 6.72. The minimum atomic E-state index is -1.26. The average Bonchev–Trinajstić information content (AvgIpc) is 3.39. The van der Waals surface area contributed by atoms with E-state index in [9.17, 15) is 19.5 Å².